The molecule has 133 valence electrons. The van der Waals surface area contributed by atoms with Crippen molar-refractivity contribution in [1.82, 2.24) is 9.55 Å². The number of nitrogens with zero attached hydrogens (tertiary/aromatic N) is 2. The SMILES string of the molecule is NC(=O)Cn1cc(C(=O)O[C]2CCCC(F)(F)C2)c2c(Cl)ccnc21. The molecule has 1 radical (unpaired) electrons. The van der Waals surface area contributed by atoms with E-state index in [0.29, 0.717) is 11.8 Å². The second-order valence-electron chi connectivity index (χ2n) is 5.94. The highest BCUT2D eigenvalue weighted by atomic mass is 35.5. The van der Waals surface area contributed by atoms with Gasteiger partial charge in [0, 0.05) is 18.8 Å². The smallest absolute Gasteiger partial charge is 0.341 e. The molecule has 0 atom stereocenters. The van der Waals surface area contributed by atoms with Crippen molar-refractivity contribution in [2.75, 3.05) is 0 Å². The van der Waals surface area contributed by atoms with Crippen LogP contribution in [-0.2, 0) is 16.1 Å². The summed E-state index contributed by atoms with van der Waals surface area (Å²) in [5.74, 6) is -4.30. The number of primary amides is 1. The highest BCUT2D eigenvalue weighted by Gasteiger charge is 2.39. The number of amides is 1. The van der Waals surface area contributed by atoms with Crippen LogP contribution >= 0.6 is 11.6 Å². The molecule has 1 saturated carbocycles. The number of halogens is 3. The summed E-state index contributed by atoms with van der Waals surface area (Å²) in [5, 5.41) is 0.526. The Labute approximate surface area is 146 Å². The summed E-state index contributed by atoms with van der Waals surface area (Å²) in [4.78, 5) is 27.8. The maximum Gasteiger partial charge on any atom is 0.341 e. The lowest BCUT2D eigenvalue weighted by atomic mass is 9.94. The zero-order valence-corrected chi connectivity index (χ0v) is 13.9. The average molecular weight is 371 g/mol. The second kappa shape index (κ2) is 6.59. The topological polar surface area (TPSA) is 87.2 Å². The Hall–Kier alpha value is -2.22. The number of ether oxygens (including phenoxy) is 1. The van der Waals surface area contributed by atoms with Gasteiger partial charge in [0.05, 0.1) is 22.4 Å². The lowest BCUT2D eigenvalue weighted by Gasteiger charge is -2.27. The predicted octanol–water partition coefficient (Wildman–Crippen LogP) is 3.07. The number of hydrogen-bond donors (Lipinski definition) is 1. The molecule has 9 heteroatoms. The first kappa shape index (κ1) is 17.6. The Kier molecular flexibility index (Phi) is 4.64. The number of alkyl halides is 2. The average Bonchev–Trinajstić information content (AvgIpc) is 2.86. The normalized spacial score (nSPS) is 17.6. The van der Waals surface area contributed by atoms with E-state index in [0.717, 1.165) is 0 Å². The lowest BCUT2D eigenvalue weighted by Crippen LogP contribution is -2.27. The summed E-state index contributed by atoms with van der Waals surface area (Å²) in [6, 6.07) is 1.48. The fourth-order valence-corrected chi connectivity index (χ4v) is 3.14. The van der Waals surface area contributed by atoms with Crippen molar-refractivity contribution in [1.29, 1.82) is 0 Å². The molecule has 2 heterocycles. The number of carbonyl (C=O) groups excluding carboxylic acids is 2. The number of esters is 1. The Morgan fingerprint density at radius 1 is 1.44 bits per heavy atom. The van der Waals surface area contributed by atoms with E-state index < -0.39 is 24.2 Å². The van der Waals surface area contributed by atoms with E-state index >= 15 is 0 Å². The second-order valence-corrected chi connectivity index (χ2v) is 6.35. The van der Waals surface area contributed by atoms with Gasteiger partial charge in [-0.05, 0) is 18.9 Å². The van der Waals surface area contributed by atoms with E-state index in [-0.39, 0.29) is 41.7 Å². The molecule has 0 aromatic carbocycles. The number of fused-ring (bicyclic) bond motifs is 1. The van der Waals surface area contributed by atoms with Crippen LogP contribution in [0.3, 0.4) is 0 Å². The van der Waals surface area contributed by atoms with Gasteiger partial charge in [0.15, 0.2) is 6.10 Å². The third-order valence-electron chi connectivity index (χ3n) is 3.94. The number of carbonyl (C=O) groups is 2. The maximum absolute atomic E-state index is 13.5. The fourth-order valence-electron chi connectivity index (χ4n) is 2.90. The predicted molar refractivity (Wildman–Crippen MR) is 86.0 cm³/mol. The van der Waals surface area contributed by atoms with Crippen LogP contribution in [0.1, 0.15) is 36.0 Å². The van der Waals surface area contributed by atoms with Gasteiger partial charge in [0.1, 0.15) is 12.2 Å². The number of aromatic nitrogens is 2. The molecule has 1 fully saturated rings. The largest absolute Gasteiger partial charge is 0.451 e. The summed E-state index contributed by atoms with van der Waals surface area (Å²) >= 11 is 6.14. The van der Waals surface area contributed by atoms with E-state index in [1.165, 1.54) is 23.0 Å². The summed E-state index contributed by atoms with van der Waals surface area (Å²) < 4.78 is 33.5. The van der Waals surface area contributed by atoms with Gasteiger partial charge in [-0.15, -0.1) is 0 Å². The fraction of sp³-hybridized carbons (Fsp3) is 0.375. The quantitative estimate of drug-likeness (QED) is 0.838. The molecule has 0 bridgehead atoms. The van der Waals surface area contributed by atoms with Crippen molar-refractivity contribution in [3.63, 3.8) is 0 Å². The minimum absolute atomic E-state index is 0.0389. The molecular weight excluding hydrogens is 356 g/mol. The Morgan fingerprint density at radius 3 is 2.88 bits per heavy atom. The standard InChI is InChI=1S/C16H15ClF2N3O3/c17-11-3-5-21-14-13(11)10(7-22(14)8-12(20)23)15(24)25-9-2-1-4-16(18,19)6-9/h3,5,7H,1-2,4,6,8H2,(H2,20,23). The number of hydrogen-bond acceptors (Lipinski definition) is 4. The third-order valence-corrected chi connectivity index (χ3v) is 4.26. The molecule has 1 aliphatic carbocycles. The zero-order chi connectivity index (χ0) is 18.2. The van der Waals surface area contributed by atoms with E-state index in [1.54, 1.807) is 0 Å². The van der Waals surface area contributed by atoms with Gasteiger partial charge in [-0.25, -0.2) is 18.6 Å². The van der Waals surface area contributed by atoms with E-state index in [9.17, 15) is 18.4 Å². The molecule has 1 amide bonds. The number of nitrogens with two attached hydrogens (primary N) is 1. The number of pyridine rings is 1. The highest BCUT2D eigenvalue weighted by Crippen LogP contribution is 2.39. The van der Waals surface area contributed by atoms with E-state index in [1.807, 2.05) is 0 Å². The summed E-state index contributed by atoms with van der Waals surface area (Å²) in [6.07, 6.45) is 2.56. The minimum atomic E-state index is -2.87. The van der Waals surface area contributed by atoms with Gasteiger partial charge in [0.25, 0.3) is 5.92 Å². The Morgan fingerprint density at radius 2 is 2.20 bits per heavy atom. The van der Waals surface area contributed by atoms with Gasteiger partial charge in [-0.2, -0.15) is 0 Å². The molecule has 2 aromatic heterocycles. The van der Waals surface area contributed by atoms with Crippen LogP contribution in [0, 0.1) is 6.10 Å². The van der Waals surface area contributed by atoms with Crippen LogP contribution in [-0.4, -0.2) is 27.4 Å². The van der Waals surface area contributed by atoms with Crippen LogP contribution < -0.4 is 5.73 Å². The maximum atomic E-state index is 13.5. The van der Waals surface area contributed by atoms with Gasteiger partial charge >= 0.3 is 5.97 Å². The molecule has 0 aliphatic heterocycles. The molecule has 3 rings (SSSR count). The molecule has 0 spiro atoms. The van der Waals surface area contributed by atoms with Crippen molar-refractivity contribution in [2.45, 2.75) is 38.2 Å². The van der Waals surface area contributed by atoms with Crippen molar-refractivity contribution in [2.24, 2.45) is 5.73 Å². The third kappa shape index (κ3) is 3.73. The van der Waals surface area contributed by atoms with Crippen LogP contribution in [0.15, 0.2) is 18.5 Å². The molecule has 25 heavy (non-hydrogen) atoms. The Bertz CT molecular complexity index is 837. The lowest BCUT2D eigenvalue weighted by molar-refractivity contribution is -0.118. The van der Waals surface area contributed by atoms with Gasteiger partial charge in [0.2, 0.25) is 5.91 Å². The summed E-state index contributed by atoms with van der Waals surface area (Å²) in [6.45, 7) is -0.203. The molecule has 1 aliphatic rings. The monoisotopic (exact) mass is 370 g/mol. The van der Waals surface area contributed by atoms with E-state index in [2.05, 4.69) is 4.98 Å². The molecule has 0 unspecified atom stereocenters. The zero-order valence-electron chi connectivity index (χ0n) is 13.1. The Balaban J connectivity index is 1.92. The van der Waals surface area contributed by atoms with Crippen molar-refractivity contribution in [3.8, 4) is 0 Å². The molecule has 2 aromatic rings. The van der Waals surface area contributed by atoms with Crippen LogP contribution in [0.5, 0.6) is 0 Å². The van der Waals surface area contributed by atoms with Crippen LogP contribution in [0.25, 0.3) is 11.0 Å². The summed E-state index contributed by atoms with van der Waals surface area (Å²) in [7, 11) is 0. The van der Waals surface area contributed by atoms with Crippen LogP contribution in [0.4, 0.5) is 8.78 Å². The first-order valence-electron chi connectivity index (χ1n) is 7.63. The van der Waals surface area contributed by atoms with Gasteiger partial charge in [-0.3, -0.25) is 4.79 Å². The van der Waals surface area contributed by atoms with E-state index in [4.69, 9.17) is 22.1 Å². The molecular formula is C16H15ClF2N3O3. The number of rotatable bonds is 4. The molecule has 0 saturated heterocycles. The molecule has 2 N–H and O–H groups in total. The summed E-state index contributed by atoms with van der Waals surface area (Å²) in [5.41, 5.74) is 5.53. The first-order valence-corrected chi connectivity index (χ1v) is 8.01. The molecule has 6 nitrogen and oxygen atoms in total. The minimum Gasteiger partial charge on any atom is -0.451 e. The van der Waals surface area contributed by atoms with Crippen molar-refractivity contribution >= 4 is 34.5 Å². The van der Waals surface area contributed by atoms with Crippen molar-refractivity contribution in [3.05, 3.63) is 35.2 Å². The first-order chi connectivity index (χ1) is 11.8. The van der Waals surface area contributed by atoms with Gasteiger partial charge in [-0.1, -0.05) is 11.6 Å². The van der Waals surface area contributed by atoms with Crippen molar-refractivity contribution < 1.29 is 23.1 Å². The van der Waals surface area contributed by atoms with Crippen LogP contribution in [0.2, 0.25) is 5.02 Å². The van der Waals surface area contributed by atoms with Gasteiger partial charge < -0.3 is 15.0 Å². The highest BCUT2D eigenvalue weighted by molar-refractivity contribution is 6.36.